The molecule has 94 valence electrons. The number of hydrogen-bond acceptors (Lipinski definition) is 3. The zero-order chi connectivity index (χ0) is 11.4. The molecule has 0 amide bonds. The summed E-state index contributed by atoms with van der Waals surface area (Å²) in [7, 11) is 2.22. The molecule has 2 fully saturated rings. The van der Waals surface area contributed by atoms with E-state index in [4.69, 9.17) is 5.73 Å². The average molecular weight is 225 g/mol. The second-order valence-electron chi connectivity index (χ2n) is 5.67. The lowest BCUT2D eigenvalue weighted by molar-refractivity contribution is 0.127. The first-order chi connectivity index (χ1) is 7.75. The van der Waals surface area contributed by atoms with Crippen LogP contribution in [0.25, 0.3) is 0 Å². The molecule has 1 aliphatic carbocycles. The van der Waals surface area contributed by atoms with E-state index in [0.29, 0.717) is 6.04 Å². The van der Waals surface area contributed by atoms with Crippen molar-refractivity contribution in [2.45, 2.75) is 38.1 Å². The predicted octanol–water partition coefficient (Wildman–Crippen LogP) is 1.14. The molecule has 2 unspecified atom stereocenters. The first kappa shape index (κ1) is 12.3. The smallest absolute Gasteiger partial charge is 0.0110 e. The fraction of sp³-hybridized carbons (Fsp3) is 1.00. The first-order valence-corrected chi connectivity index (χ1v) is 6.92. The molecule has 1 aliphatic heterocycles. The van der Waals surface area contributed by atoms with Crippen molar-refractivity contribution < 1.29 is 0 Å². The van der Waals surface area contributed by atoms with Crippen LogP contribution in [0, 0.1) is 5.92 Å². The van der Waals surface area contributed by atoms with Crippen LogP contribution in [0.15, 0.2) is 0 Å². The number of rotatable bonds is 2. The lowest BCUT2D eigenvalue weighted by atomic mass is 9.94. The molecular formula is C13H27N3. The molecule has 0 spiro atoms. The minimum Gasteiger partial charge on any atom is -0.327 e. The fourth-order valence-electron chi connectivity index (χ4n) is 3.00. The summed E-state index contributed by atoms with van der Waals surface area (Å²) in [5.74, 6) is 0.755. The van der Waals surface area contributed by atoms with E-state index >= 15 is 0 Å². The quantitative estimate of drug-likeness (QED) is 0.715. The highest BCUT2D eigenvalue weighted by molar-refractivity contribution is 4.81. The number of likely N-dealkylation sites (N-methyl/N-ethyl adjacent to an activating group) is 1. The Morgan fingerprint density at radius 2 is 1.69 bits per heavy atom. The van der Waals surface area contributed by atoms with Crippen LogP contribution in [0.2, 0.25) is 0 Å². The summed E-state index contributed by atoms with van der Waals surface area (Å²) in [6.45, 7) is 6.17. The zero-order valence-electron chi connectivity index (χ0n) is 10.7. The number of hydrogen-bond donors (Lipinski definition) is 1. The Hall–Kier alpha value is -0.120. The van der Waals surface area contributed by atoms with Gasteiger partial charge in [-0.2, -0.15) is 0 Å². The molecule has 16 heavy (non-hydrogen) atoms. The Balaban J connectivity index is 1.78. The van der Waals surface area contributed by atoms with Crippen LogP contribution in [0.4, 0.5) is 0 Å². The standard InChI is InChI=1S/C13H27N3/c1-15-7-9-16(10-8-15)11-12-5-3-2-4-6-13(12)14/h12-13H,2-11,14H2,1H3. The third-order valence-electron chi connectivity index (χ3n) is 4.31. The third kappa shape index (κ3) is 3.44. The molecule has 2 rings (SSSR count). The van der Waals surface area contributed by atoms with E-state index in [0.717, 1.165) is 5.92 Å². The van der Waals surface area contributed by atoms with Crippen molar-refractivity contribution in [2.75, 3.05) is 39.8 Å². The number of piperazine rings is 1. The van der Waals surface area contributed by atoms with E-state index in [2.05, 4.69) is 16.8 Å². The van der Waals surface area contributed by atoms with Crippen molar-refractivity contribution >= 4 is 0 Å². The highest BCUT2D eigenvalue weighted by Gasteiger charge is 2.24. The largest absolute Gasteiger partial charge is 0.327 e. The van der Waals surface area contributed by atoms with Crippen LogP contribution < -0.4 is 5.73 Å². The van der Waals surface area contributed by atoms with Gasteiger partial charge < -0.3 is 15.5 Å². The fourth-order valence-corrected chi connectivity index (χ4v) is 3.00. The van der Waals surface area contributed by atoms with Crippen molar-refractivity contribution in [2.24, 2.45) is 11.7 Å². The molecule has 1 heterocycles. The summed E-state index contributed by atoms with van der Waals surface area (Å²) in [6.07, 6.45) is 6.74. The van der Waals surface area contributed by atoms with Gasteiger partial charge in [0.25, 0.3) is 0 Å². The molecule has 0 aromatic rings. The van der Waals surface area contributed by atoms with Crippen LogP contribution >= 0.6 is 0 Å². The van der Waals surface area contributed by atoms with Crippen molar-refractivity contribution in [3.63, 3.8) is 0 Å². The number of nitrogens with two attached hydrogens (primary N) is 1. The van der Waals surface area contributed by atoms with E-state index in [1.807, 2.05) is 0 Å². The molecule has 3 nitrogen and oxygen atoms in total. The molecule has 2 N–H and O–H groups in total. The van der Waals surface area contributed by atoms with Crippen LogP contribution in [0.5, 0.6) is 0 Å². The molecular weight excluding hydrogens is 198 g/mol. The highest BCUT2D eigenvalue weighted by atomic mass is 15.2. The van der Waals surface area contributed by atoms with Gasteiger partial charge in [0.05, 0.1) is 0 Å². The summed E-state index contributed by atoms with van der Waals surface area (Å²) in [5, 5.41) is 0. The van der Waals surface area contributed by atoms with E-state index in [1.54, 1.807) is 0 Å². The minimum atomic E-state index is 0.460. The van der Waals surface area contributed by atoms with Crippen LogP contribution in [-0.4, -0.2) is 55.6 Å². The Bertz CT molecular complexity index is 199. The van der Waals surface area contributed by atoms with Crippen LogP contribution in [0.1, 0.15) is 32.1 Å². The van der Waals surface area contributed by atoms with Gasteiger partial charge in [0.15, 0.2) is 0 Å². The van der Waals surface area contributed by atoms with E-state index in [-0.39, 0.29) is 0 Å². The second-order valence-corrected chi connectivity index (χ2v) is 5.67. The lowest BCUT2D eigenvalue weighted by Gasteiger charge is -2.35. The SMILES string of the molecule is CN1CCN(CC2CCCCCC2N)CC1. The Kier molecular flexibility index (Phi) is 4.62. The van der Waals surface area contributed by atoms with Gasteiger partial charge in [0.2, 0.25) is 0 Å². The number of nitrogens with zero attached hydrogens (tertiary/aromatic N) is 2. The van der Waals surface area contributed by atoms with Gasteiger partial charge in [-0.05, 0) is 25.8 Å². The van der Waals surface area contributed by atoms with E-state index in [1.165, 1.54) is 64.8 Å². The summed E-state index contributed by atoms with van der Waals surface area (Å²) in [5.41, 5.74) is 6.29. The molecule has 0 aromatic heterocycles. The lowest BCUT2D eigenvalue weighted by Crippen LogP contribution is -2.48. The van der Waals surface area contributed by atoms with Crippen molar-refractivity contribution in [3.8, 4) is 0 Å². The van der Waals surface area contributed by atoms with Gasteiger partial charge in [-0.15, -0.1) is 0 Å². The molecule has 2 aliphatic rings. The van der Waals surface area contributed by atoms with Gasteiger partial charge in [-0.1, -0.05) is 19.3 Å². The van der Waals surface area contributed by atoms with Crippen molar-refractivity contribution in [1.29, 1.82) is 0 Å². The van der Waals surface area contributed by atoms with Crippen LogP contribution in [-0.2, 0) is 0 Å². The zero-order valence-corrected chi connectivity index (χ0v) is 10.7. The maximum Gasteiger partial charge on any atom is 0.0110 e. The van der Waals surface area contributed by atoms with Crippen LogP contribution in [0.3, 0.4) is 0 Å². The molecule has 2 atom stereocenters. The third-order valence-corrected chi connectivity index (χ3v) is 4.31. The maximum atomic E-state index is 6.29. The highest BCUT2D eigenvalue weighted by Crippen LogP contribution is 2.23. The average Bonchev–Trinajstić information content (AvgIpc) is 2.48. The molecule has 0 bridgehead atoms. The predicted molar refractivity (Wildman–Crippen MR) is 68.5 cm³/mol. The maximum absolute atomic E-state index is 6.29. The summed E-state index contributed by atoms with van der Waals surface area (Å²) in [6, 6.07) is 0.460. The monoisotopic (exact) mass is 225 g/mol. The van der Waals surface area contributed by atoms with Gasteiger partial charge in [0.1, 0.15) is 0 Å². The minimum absolute atomic E-state index is 0.460. The molecule has 0 radical (unpaired) electrons. The van der Waals surface area contributed by atoms with Crippen molar-refractivity contribution in [3.05, 3.63) is 0 Å². The topological polar surface area (TPSA) is 32.5 Å². The normalized spacial score (nSPS) is 34.9. The summed E-state index contributed by atoms with van der Waals surface area (Å²) in [4.78, 5) is 5.04. The molecule has 3 heteroatoms. The Labute approximate surface area is 100.0 Å². The van der Waals surface area contributed by atoms with Gasteiger partial charge in [-0.3, -0.25) is 0 Å². The summed E-state index contributed by atoms with van der Waals surface area (Å²) < 4.78 is 0. The molecule has 0 aromatic carbocycles. The Morgan fingerprint density at radius 3 is 2.44 bits per heavy atom. The van der Waals surface area contributed by atoms with Gasteiger partial charge in [0, 0.05) is 38.8 Å². The summed E-state index contributed by atoms with van der Waals surface area (Å²) >= 11 is 0. The van der Waals surface area contributed by atoms with E-state index in [9.17, 15) is 0 Å². The first-order valence-electron chi connectivity index (χ1n) is 6.92. The van der Waals surface area contributed by atoms with Crippen molar-refractivity contribution in [1.82, 2.24) is 9.80 Å². The Morgan fingerprint density at radius 1 is 1.00 bits per heavy atom. The molecule has 1 saturated heterocycles. The molecule has 1 saturated carbocycles. The van der Waals surface area contributed by atoms with E-state index < -0.39 is 0 Å². The second kappa shape index (κ2) is 5.99. The van der Waals surface area contributed by atoms with Gasteiger partial charge >= 0.3 is 0 Å². The van der Waals surface area contributed by atoms with Gasteiger partial charge in [-0.25, -0.2) is 0 Å².